The molecule has 0 aliphatic rings. The van der Waals surface area contributed by atoms with E-state index in [0.29, 0.717) is 5.15 Å². The van der Waals surface area contributed by atoms with Gasteiger partial charge in [0.05, 0.1) is 6.20 Å². The molecule has 4 heteroatoms. The van der Waals surface area contributed by atoms with Crippen LogP contribution >= 0.6 is 11.6 Å². The van der Waals surface area contributed by atoms with E-state index in [4.69, 9.17) is 11.6 Å². The molecule has 0 bridgehead atoms. The van der Waals surface area contributed by atoms with E-state index < -0.39 is 0 Å². The molecule has 0 amide bonds. The lowest BCUT2D eigenvalue weighted by Gasteiger charge is -1.96. The number of aromatic nitrogens is 3. The highest BCUT2D eigenvalue weighted by atomic mass is 35.5. The van der Waals surface area contributed by atoms with E-state index in [-0.39, 0.29) is 0 Å². The average molecular weight is 182 g/mol. The zero-order valence-corrected chi connectivity index (χ0v) is 7.41. The molecule has 0 radical (unpaired) electrons. The van der Waals surface area contributed by atoms with Crippen LogP contribution in [0.25, 0.3) is 11.0 Å². The number of hydrogen-bond donors (Lipinski definition) is 0. The fourth-order valence-electron chi connectivity index (χ4n) is 1.16. The van der Waals surface area contributed by atoms with Crippen molar-refractivity contribution in [3.63, 3.8) is 0 Å². The summed E-state index contributed by atoms with van der Waals surface area (Å²) < 4.78 is 1.82. The topological polar surface area (TPSA) is 30.7 Å². The van der Waals surface area contributed by atoms with E-state index in [9.17, 15) is 0 Å². The van der Waals surface area contributed by atoms with Crippen molar-refractivity contribution < 1.29 is 0 Å². The van der Waals surface area contributed by atoms with Crippen LogP contribution < -0.4 is 0 Å². The van der Waals surface area contributed by atoms with Crippen LogP contribution in [0.5, 0.6) is 0 Å². The van der Waals surface area contributed by atoms with Gasteiger partial charge in [0.25, 0.3) is 0 Å². The minimum atomic E-state index is 0.512. The molecule has 0 aliphatic heterocycles. The van der Waals surface area contributed by atoms with Gasteiger partial charge < -0.3 is 0 Å². The van der Waals surface area contributed by atoms with E-state index in [1.165, 1.54) is 0 Å². The maximum Gasteiger partial charge on any atom is 0.159 e. The van der Waals surface area contributed by atoms with E-state index in [1.807, 2.05) is 17.7 Å². The predicted octanol–water partition coefficient (Wildman–Crippen LogP) is 2.10. The molecule has 2 rings (SSSR count). The number of rotatable bonds is 1. The van der Waals surface area contributed by atoms with Crippen LogP contribution in [0, 0.1) is 0 Å². The molecule has 2 aromatic rings. The van der Waals surface area contributed by atoms with Crippen molar-refractivity contribution in [2.45, 2.75) is 13.5 Å². The molecule has 0 atom stereocenters. The Morgan fingerprint density at radius 1 is 1.50 bits per heavy atom. The molecule has 0 N–H and O–H groups in total. The molecule has 0 saturated carbocycles. The molecular weight excluding hydrogens is 174 g/mol. The SMILES string of the molecule is CCn1ncc2ccc(Cl)nc21. The summed E-state index contributed by atoms with van der Waals surface area (Å²) in [5.74, 6) is 0. The van der Waals surface area contributed by atoms with Gasteiger partial charge in [-0.25, -0.2) is 9.67 Å². The third kappa shape index (κ3) is 1.06. The fraction of sp³-hybridized carbons (Fsp3) is 0.250. The third-order valence-corrected chi connectivity index (χ3v) is 1.96. The molecule has 62 valence electrons. The molecule has 2 heterocycles. The Kier molecular flexibility index (Phi) is 1.73. The molecule has 2 aromatic heterocycles. The average Bonchev–Trinajstić information content (AvgIpc) is 2.46. The first-order valence-electron chi connectivity index (χ1n) is 3.79. The van der Waals surface area contributed by atoms with Crippen LogP contribution in [0.3, 0.4) is 0 Å². The van der Waals surface area contributed by atoms with Gasteiger partial charge in [-0.2, -0.15) is 5.10 Å². The lowest BCUT2D eigenvalue weighted by Crippen LogP contribution is -1.96. The Labute approximate surface area is 75.0 Å². The molecule has 12 heavy (non-hydrogen) atoms. The molecule has 0 saturated heterocycles. The highest BCUT2D eigenvalue weighted by Crippen LogP contribution is 2.14. The molecule has 0 fully saturated rings. The lowest BCUT2D eigenvalue weighted by molar-refractivity contribution is 0.677. The maximum absolute atomic E-state index is 5.75. The van der Waals surface area contributed by atoms with Crippen molar-refractivity contribution in [2.24, 2.45) is 0 Å². The Morgan fingerprint density at radius 2 is 2.33 bits per heavy atom. The zero-order valence-electron chi connectivity index (χ0n) is 6.66. The predicted molar refractivity (Wildman–Crippen MR) is 48.2 cm³/mol. The summed E-state index contributed by atoms with van der Waals surface area (Å²) in [6, 6.07) is 3.69. The van der Waals surface area contributed by atoms with Crippen LogP contribution in [0.4, 0.5) is 0 Å². The zero-order chi connectivity index (χ0) is 8.55. The summed E-state index contributed by atoms with van der Waals surface area (Å²) in [5, 5.41) is 5.69. The van der Waals surface area contributed by atoms with Gasteiger partial charge in [-0.1, -0.05) is 11.6 Å². The minimum absolute atomic E-state index is 0.512. The van der Waals surface area contributed by atoms with Crippen molar-refractivity contribution in [3.05, 3.63) is 23.5 Å². The van der Waals surface area contributed by atoms with Crippen LogP contribution in [0.1, 0.15) is 6.92 Å². The summed E-state index contributed by atoms with van der Waals surface area (Å²) in [7, 11) is 0. The molecule has 0 aliphatic carbocycles. The first-order valence-corrected chi connectivity index (χ1v) is 4.17. The van der Waals surface area contributed by atoms with E-state index in [2.05, 4.69) is 10.1 Å². The molecule has 3 nitrogen and oxygen atoms in total. The van der Waals surface area contributed by atoms with Crippen molar-refractivity contribution in [1.29, 1.82) is 0 Å². The highest BCUT2D eigenvalue weighted by molar-refractivity contribution is 6.29. The number of fused-ring (bicyclic) bond motifs is 1. The van der Waals surface area contributed by atoms with Crippen molar-refractivity contribution >= 4 is 22.6 Å². The van der Waals surface area contributed by atoms with Gasteiger partial charge in [0, 0.05) is 11.9 Å². The minimum Gasteiger partial charge on any atom is -0.248 e. The third-order valence-electron chi connectivity index (χ3n) is 1.75. The van der Waals surface area contributed by atoms with E-state index in [1.54, 1.807) is 12.3 Å². The lowest BCUT2D eigenvalue weighted by atomic mass is 10.4. The fourth-order valence-corrected chi connectivity index (χ4v) is 1.30. The van der Waals surface area contributed by atoms with Crippen LogP contribution in [-0.4, -0.2) is 14.8 Å². The number of hydrogen-bond acceptors (Lipinski definition) is 2. The highest BCUT2D eigenvalue weighted by Gasteiger charge is 2.01. The van der Waals surface area contributed by atoms with Crippen LogP contribution in [0.15, 0.2) is 18.3 Å². The number of halogens is 1. The summed E-state index contributed by atoms with van der Waals surface area (Å²) >= 11 is 5.75. The second kappa shape index (κ2) is 2.75. The van der Waals surface area contributed by atoms with Gasteiger partial charge in [-0.05, 0) is 19.1 Å². The van der Waals surface area contributed by atoms with E-state index in [0.717, 1.165) is 17.6 Å². The monoisotopic (exact) mass is 181 g/mol. The Morgan fingerprint density at radius 3 is 3.08 bits per heavy atom. The van der Waals surface area contributed by atoms with Gasteiger partial charge in [-0.15, -0.1) is 0 Å². The first-order chi connectivity index (χ1) is 5.81. The van der Waals surface area contributed by atoms with Gasteiger partial charge in [0.1, 0.15) is 5.15 Å². The molecule has 0 unspecified atom stereocenters. The maximum atomic E-state index is 5.75. The second-order valence-electron chi connectivity index (χ2n) is 2.51. The van der Waals surface area contributed by atoms with Gasteiger partial charge in [-0.3, -0.25) is 0 Å². The van der Waals surface area contributed by atoms with Crippen LogP contribution in [-0.2, 0) is 6.54 Å². The molecule has 0 spiro atoms. The van der Waals surface area contributed by atoms with Crippen molar-refractivity contribution in [1.82, 2.24) is 14.8 Å². The quantitative estimate of drug-likeness (QED) is 0.631. The summed E-state index contributed by atoms with van der Waals surface area (Å²) in [6.07, 6.45) is 1.79. The number of nitrogens with zero attached hydrogens (tertiary/aromatic N) is 3. The normalized spacial score (nSPS) is 10.8. The van der Waals surface area contributed by atoms with Gasteiger partial charge >= 0.3 is 0 Å². The first kappa shape index (κ1) is 7.55. The Hall–Kier alpha value is -1.09. The number of pyridine rings is 1. The van der Waals surface area contributed by atoms with E-state index >= 15 is 0 Å². The second-order valence-corrected chi connectivity index (χ2v) is 2.89. The van der Waals surface area contributed by atoms with Crippen molar-refractivity contribution in [2.75, 3.05) is 0 Å². The molecular formula is C8H8ClN3. The number of aryl methyl sites for hydroxylation is 1. The van der Waals surface area contributed by atoms with Crippen molar-refractivity contribution in [3.8, 4) is 0 Å². The van der Waals surface area contributed by atoms with Gasteiger partial charge in [0.2, 0.25) is 0 Å². The van der Waals surface area contributed by atoms with Gasteiger partial charge in [0.15, 0.2) is 5.65 Å². The summed E-state index contributed by atoms with van der Waals surface area (Å²) in [4.78, 5) is 4.17. The molecule has 0 aromatic carbocycles. The van der Waals surface area contributed by atoms with Crippen LogP contribution in [0.2, 0.25) is 5.15 Å². The largest absolute Gasteiger partial charge is 0.248 e. The summed E-state index contributed by atoms with van der Waals surface area (Å²) in [6.45, 7) is 2.84. The standard InChI is InChI=1S/C8H8ClN3/c1-2-12-8-6(5-10-12)3-4-7(9)11-8/h3-5H,2H2,1H3. The summed E-state index contributed by atoms with van der Waals surface area (Å²) in [5.41, 5.74) is 0.852. The Bertz CT molecular complexity index is 408. The smallest absolute Gasteiger partial charge is 0.159 e. The Balaban J connectivity index is 2.75.